The molecule has 1 aromatic rings. The van der Waals surface area contributed by atoms with Crippen LogP contribution in [-0.2, 0) is 16.6 Å². The Kier molecular flexibility index (Phi) is 5.25. The highest BCUT2D eigenvalue weighted by atomic mass is 35.5. The second-order valence-electron chi connectivity index (χ2n) is 3.21. The average molecular weight is 249 g/mol. The Labute approximate surface area is 96.2 Å². The van der Waals surface area contributed by atoms with Crippen LogP contribution in [-0.4, -0.2) is 32.9 Å². The summed E-state index contributed by atoms with van der Waals surface area (Å²) >= 11 is 5.71. The van der Waals surface area contributed by atoms with Crippen LogP contribution < -0.4 is 0 Å². The first-order chi connectivity index (χ1) is 7.11. The van der Waals surface area contributed by atoms with Crippen molar-refractivity contribution in [2.75, 3.05) is 12.4 Å². The Bertz CT molecular complexity index is 326. The third kappa shape index (κ3) is 4.75. The van der Waals surface area contributed by atoms with Crippen LogP contribution in [0.1, 0.15) is 5.56 Å². The molecule has 0 saturated heterocycles. The first-order valence-electron chi connectivity index (χ1n) is 4.50. The molecule has 0 bridgehead atoms. The third-order valence-electron chi connectivity index (χ3n) is 1.83. The Balaban J connectivity index is 2.48. The summed E-state index contributed by atoms with van der Waals surface area (Å²) in [5.74, 6) is 0.466. The molecule has 2 atom stereocenters. The predicted octanol–water partition coefficient (Wildman–Crippen LogP) is 0.942. The number of rotatable bonds is 5. The molecule has 2 N–H and O–H groups in total. The smallest absolute Gasteiger partial charge is 0.0885 e. The molecule has 0 aliphatic carbocycles. The highest BCUT2D eigenvalue weighted by Gasteiger charge is 2.08. The van der Waals surface area contributed by atoms with Gasteiger partial charge in [0.1, 0.15) is 0 Å². The van der Waals surface area contributed by atoms with E-state index in [2.05, 4.69) is 0 Å². The van der Waals surface area contributed by atoms with Crippen molar-refractivity contribution in [1.29, 1.82) is 0 Å². The summed E-state index contributed by atoms with van der Waals surface area (Å²) in [6.45, 7) is -0.355. The lowest BCUT2D eigenvalue weighted by atomic mass is 10.2. The molecule has 0 aliphatic rings. The SMILES string of the molecule is O=[S@@](Cc1ccc(Cl)cc1)C[C@@H](O)CO. The number of hydrogen-bond donors (Lipinski definition) is 2. The number of benzene rings is 1. The van der Waals surface area contributed by atoms with Gasteiger partial charge in [0.25, 0.3) is 0 Å². The molecule has 0 aromatic heterocycles. The van der Waals surface area contributed by atoms with Gasteiger partial charge in [0.05, 0.1) is 18.5 Å². The Morgan fingerprint density at radius 3 is 2.47 bits per heavy atom. The highest BCUT2D eigenvalue weighted by Crippen LogP contribution is 2.11. The normalized spacial score (nSPS) is 14.9. The van der Waals surface area contributed by atoms with Gasteiger partial charge in [-0.15, -0.1) is 0 Å². The standard InChI is InChI=1S/C10H13ClO3S/c11-9-3-1-8(2-4-9)6-15(14)7-10(13)5-12/h1-4,10,12-13H,5-7H2/t10-,15-/m0/s1. The van der Waals surface area contributed by atoms with E-state index in [4.69, 9.17) is 21.8 Å². The fourth-order valence-electron chi connectivity index (χ4n) is 1.09. The van der Waals surface area contributed by atoms with E-state index in [1.54, 1.807) is 24.3 Å². The van der Waals surface area contributed by atoms with Crippen molar-refractivity contribution in [3.05, 3.63) is 34.9 Å². The number of halogens is 1. The van der Waals surface area contributed by atoms with Gasteiger partial charge in [0.15, 0.2) is 0 Å². The van der Waals surface area contributed by atoms with Gasteiger partial charge in [-0.1, -0.05) is 23.7 Å². The molecule has 0 heterocycles. The van der Waals surface area contributed by atoms with Gasteiger partial charge in [-0.2, -0.15) is 0 Å². The van der Waals surface area contributed by atoms with Crippen LogP contribution in [0.3, 0.4) is 0 Å². The molecule has 1 rings (SSSR count). The van der Waals surface area contributed by atoms with Gasteiger partial charge in [0.2, 0.25) is 0 Å². The summed E-state index contributed by atoms with van der Waals surface area (Å²) < 4.78 is 11.5. The van der Waals surface area contributed by atoms with Gasteiger partial charge >= 0.3 is 0 Å². The molecule has 0 amide bonds. The average Bonchev–Trinajstić information content (AvgIpc) is 2.21. The summed E-state index contributed by atoms with van der Waals surface area (Å²) in [5, 5.41) is 18.3. The van der Waals surface area contributed by atoms with E-state index in [9.17, 15) is 4.21 Å². The Morgan fingerprint density at radius 2 is 1.93 bits per heavy atom. The van der Waals surface area contributed by atoms with Crippen LogP contribution in [0.4, 0.5) is 0 Å². The topological polar surface area (TPSA) is 57.5 Å². The molecule has 0 spiro atoms. The van der Waals surface area contributed by atoms with Crippen LogP contribution in [0, 0.1) is 0 Å². The van der Waals surface area contributed by atoms with Crippen LogP contribution in [0.5, 0.6) is 0 Å². The minimum atomic E-state index is -1.16. The minimum Gasteiger partial charge on any atom is -0.394 e. The fraction of sp³-hybridized carbons (Fsp3) is 0.400. The second kappa shape index (κ2) is 6.23. The Hall–Kier alpha value is -0.420. The van der Waals surface area contributed by atoms with Crippen LogP contribution >= 0.6 is 11.6 Å². The van der Waals surface area contributed by atoms with Crippen LogP contribution in [0.2, 0.25) is 5.02 Å². The van der Waals surface area contributed by atoms with Gasteiger partial charge < -0.3 is 10.2 Å². The van der Waals surface area contributed by atoms with Gasteiger partial charge in [-0.25, -0.2) is 0 Å². The van der Waals surface area contributed by atoms with Crippen LogP contribution in [0.25, 0.3) is 0 Å². The summed E-state index contributed by atoms with van der Waals surface area (Å²) in [4.78, 5) is 0. The molecule has 15 heavy (non-hydrogen) atoms. The first-order valence-corrected chi connectivity index (χ1v) is 6.36. The van der Waals surface area contributed by atoms with Crippen molar-refractivity contribution >= 4 is 22.4 Å². The monoisotopic (exact) mass is 248 g/mol. The predicted molar refractivity (Wildman–Crippen MR) is 61.3 cm³/mol. The largest absolute Gasteiger partial charge is 0.394 e. The zero-order valence-corrected chi connectivity index (χ0v) is 9.67. The van der Waals surface area contributed by atoms with E-state index in [0.717, 1.165) is 5.56 Å². The lowest BCUT2D eigenvalue weighted by Gasteiger charge is -2.06. The molecule has 1 aromatic carbocycles. The van der Waals surface area contributed by atoms with E-state index in [-0.39, 0.29) is 12.4 Å². The highest BCUT2D eigenvalue weighted by molar-refractivity contribution is 7.84. The zero-order valence-electron chi connectivity index (χ0n) is 8.10. The van der Waals surface area contributed by atoms with Gasteiger partial charge in [-0.05, 0) is 17.7 Å². The summed E-state index contributed by atoms with van der Waals surface area (Å²) in [6.07, 6.45) is -0.905. The molecule has 0 saturated carbocycles. The fourth-order valence-corrected chi connectivity index (χ4v) is 2.44. The summed E-state index contributed by atoms with van der Waals surface area (Å²) in [6, 6.07) is 7.06. The molecule has 84 valence electrons. The molecular formula is C10H13ClO3S. The van der Waals surface area contributed by atoms with Crippen LogP contribution in [0.15, 0.2) is 24.3 Å². The first kappa shape index (κ1) is 12.6. The van der Waals surface area contributed by atoms with Crippen molar-refractivity contribution in [2.24, 2.45) is 0 Å². The third-order valence-corrected chi connectivity index (χ3v) is 3.49. The van der Waals surface area contributed by atoms with Gasteiger partial charge in [-0.3, -0.25) is 4.21 Å². The summed E-state index contributed by atoms with van der Waals surface area (Å²) in [5.41, 5.74) is 0.905. The minimum absolute atomic E-state index is 0.0964. The second-order valence-corrected chi connectivity index (χ2v) is 5.15. The molecule has 0 unspecified atom stereocenters. The number of aliphatic hydroxyl groups excluding tert-OH is 2. The van der Waals surface area contributed by atoms with Crippen molar-refractivity contribution in [2.45, 2.75) is 11.9 Å². The maximum atomic E-state index is 11.5. The van der Waals surface area contributed by atoms with E-state index in [1.165, 1.54) is 0 Å². The lowest BCUT2D eigenvalue weighted by Crippen LogP contribution is -2.21. The molecule has 0 radical (unpaired) electrons. The Morgan fingerprint density at radius 1 is 1.33 bits per heavy atom. The lowest BCUT2D eigenvalue weighted by molar-refractivity contribution is 0.113. The quantitative estimate of drug-likeness (QED) is 0.816. The molecule has 3 nitrogen and oxygen atoms in total. The van der Waals surface area contributed by atoms with Crippen molar-refractivity contribution in [1.82, 2.24) is 0 Å². The van der Waals surface area contributed by atoms with E-state index in [1.807, 2.05) is 0 Å². The van der Waals surface area contributed by atoms with Gasteiger partial charge in [0, 0.05) is 21.6 Å². The molecular weight excluding hydrogens is 236 g/mol. The molecule has 5 heteroatoms. The summed E-state index contributed by atoms with van der Waals surface area (Å²) in [7, 11) is -1.16. The zero-order chi connectivity index (χ0) is 11.3. The number of hydrogen-bond acceptors (Lipinski definition) is 3. The van der Waals surface area contributed by atoms with E-state index in [0.29, 0.717) is 10.8 Å². The maximum absolute atomic E-state index is 11.5. The van der Waals surface area contributed by atoms with Crippen molar-refractivity contribution in [3.8, 4) is 0 Å². The number of aliphatic hydroxyl groups is 2. The van der Waals surface area contributed by atoms with Crippen molar-refractivity contribution < 1.29 is 14.4 Å². The van der Waals surface area contributed by atoms with E-state index >= 15 is 0 Å². The van der Waals surface area contributed by atoms with Crippen molar-refractivity contribution in [3.63, 3.8) is 0 Å². The van der Waals surface area contributed by atoms with E-state index < -0.39 is 16.9 Å². The molecule has 0 aliphatic heterocycles. The maximum Gasteiger partial charge on any atom is 0.0885 e. The molecule has 0 fully saturated rings.